The van der Waals surface area contributed by atoms with Gasteiger partial charge in [-0.3, -0.25) is 0 Å². The molecular formula is C13H25N3O3. The molecule has 0 saturated carbocycles. The molecule has 0 aromatic carbocycles. The van der Waals surface area contributed by atoms with Crippen LogP contribution in [0.4, 0.5) is 0 Å². The molecule has 1 aromatic rings. The summed E-state index contributed by atoms with van der Waals surface area (Å²) in [7, 11) is 1.67. The number of nitrogens with one attached hydrogen (secondary N) is 1. The van der Waals surface area contributed by atoms with E-state index in [0.717, 1.165) is 6.54 Å². The predicted octanol–water partition coefficient (Wildman–Crippen LogP) is 1.93. The zero-order valence-electron chi connectivity index (χ0n) is 12.5. The Bertz CT molecular complexity index is 360. The molecule has 0 bridgehead atoms. The van der Waals surface area contributed by atoms with E-state index in [2.05, 4.69) is 36.2 Å². The van der Waals surface area contributed by atoms with Crippen molar-refractivity contribution in [1.82, 2.24) is 15.5 Å². The lowest BCUT2D eigenvalue weighted by Crippen LogP contribution is -2.23. The molecule has 0 fully saturated rings. The van der Waals surface area contributed by atoms with Crippen LogP contribution in [-0.4, -0.2) is 37.0 Å². The number of nitrogens with zero attached hydrogens (tertiary/aromatic N) is 2. The Kier molecular flexibility index (Phi) is 6.41. The molecule has 1 N–H and O–H groups in total. The lowest BCUT2D eigenvalue weighted by molar-refractivity contribution is -0.0203. The second-order valence-corrected chi connectivity index (χ2v) is 5.42. The molecule has 0 aliphatic heterocycles. The largest absolute Gasteiger partial charge is 0.383 e. The van der Waals surface area contributed by atoms with E-state index in [1.54, 1.807) is 7.11 Å². The summed E-state index contributed by atoms with van der Waals surface area (Å²) in [4.78, 5) is 4.39. The quantitative estimate of drug-likeness (QED) is 0.729. The van der Waals surface area contributed by atoms with Crippen LogP contribution in [0.1, 0.15) is 45.5 Å². The van der Waals surface area contributed by atoms with Crippen LogP contribution in [0.3, 0.4) is 0 Å². The van der Waals surface area contributed by atoms with E-state index in [1.807, 2.05) is 6.92 Å². The zero-order valence-corrected chi connectivity index (χ0v) is 12.5. The molecule has 6 nitrogen and oxygen atoms in total. The van der Waals surface area contributed by atoms with Crippen molar-refractivity contribution in [3.63, 3.8) is 0 Å². The van der Waals surface area contributed by atoms with Crippen molar-refractivity contribution < 1.29 is 14.0 Å². The molecule has 1 aromatic heterocycles. The Labute approximate surface area is 114 Å². The fraction of sp³-hybridized carbons (Fsp3) is 0.846. The number of ether oxygens (including phenoxy) is 2. The molecule has 0 amide bonds. The molecule has 0 spiro atoms. The van der Waals surface area contributed by atoms with Crippen molar-refractivity contribution in [2.45, 2.75) is 40.3 Å². The minimum atomic E-state index is -0.158. The third-order valence-corrected chi connectivity index (χ3v) is 2.60. The highest BCUT2D eigenvalue weighted by atomic mass is 16.5. The molecule has 6 heteroatoms. The van der Waals surface area contributed by atoms with Crippen LogP contribution in [0, 0.1) is 5.41 Å². The van der Waals surface area contributed by atoms with Gasteiger partial charge >= 0.3 is 0 Å². The average Bonchev–Trinajstić information content (AvgIpc) is 2.78. The Hall–Kier alpha value is -0.980. The first kappa shape index (κ1) is 16.1. The summed E-state index contributed by atoms with van der Waals surface area (Å²) < 4.78 is 15.9. The Morgan fingerprint density at radius 1 is 1.37 bits per heavy atom. The van der Waals surface area contributed by atoms with Gasteiger partial charge in [-0.1, -0.05) is 25.9 Å². The molecule has 1 rings (SSSR count). The lowest BCUT2D eigenvalue weighted by Gasteiger charge is -2.27. The standard InChI is InChI=1S/C13H25N3O3/c1-6-18-11(13(2,3)4)12-15-10(19-16-12)9-14-7-8-17-5/h11,14H,6-9H2,1-5H3. The normalized spacial score (nSPS) is 13.7. The van der Waals surface area contributed by atoms with E-state index in [-0.39, 0.29) is 11.5 Å². The number of aromatic nitrogens is 2. The van der Waals surface area contributed by atoms with Crippen LogP contribution in [-0.2, 0) is 16.0 Å². The number of hydrogen-bond acceptors (Lipinski definition) is 6. The Morgan fingerprint density at radius 2 is 2.11 bits per heavy atom. The fourth-order valence-corrected chi connectivity index (χ4v) is 1.69. The van der Waals surface area contributed by atoms with E-state index in [9.17, 15) is 0 Å². The second kappa shape index (κ2) is 7.57. The van der Waals surface area contributed by atoms with Crippen LogP contribution < -0.4 is 5.32 Å². The van der Waals surface area contributed by atoms with Gasteiger partial charge in [0.15, 0.2) is 0 Å². The van der Waals surface area contributed by atoms with Crippen molar-refractivity contribution >= 4 is 0 Å². The molecule has 1 atom stereocenters. The summed E-state index contributed by atoms with van der Waals surface area (Å²) in [5.41, 5.74) is -0.0688. The molecule has 0 radical (unpaired) electrons. The van der Waals surface area contributed by atoms with Gasteiger partial charge in [-0.05, 0) is 12.3 Å². The summed E-state index contributed by atoms with van der Waals surface area (Å²) in [5, 5.41) is 7.18. The molecule has 1 unspecified atom stereocenters. The highest BCUT2D eigenvalue weighted by Gasteiger charge is 2.31. The maximum Gasteiger partial charge on any atom is 0.240 e. The third-order valence-electron chi connectivity index (χ3n) is 2.60. The molecule has 110 valence electrons. The zero-order chi connectivity index (χ0) is 14.3. The molecule has 0 saturated heterocycles. The Morgan fingerprint density at radius 3 is 2.68 bits per heavy atom. The third kappa shape index (κ3) is 5.26. The topological polar surface area (TPSA) is 69.4 Å². The molecule has 0 aliphatic rings. The van der Waals surface area contributed by atoms with E-state index in [0.29, 0.717) is 31.5 Å². The number of methoxy groups -OCH3 is 1. The summed E-state index contributed by atoms with van der Waals surface area (Å²) >= 11 is 0. The molecule has 1 heterocycles. The maximum absolute atomic E-state index is 5.72. The highest BCUT2D eigenvalue weighted by Crippen LogP contribution is 2.34. The minimum absolute atomic E-state index is 0.0688. The lowest BCUT2D eigenvalue weighted by atomic mass is 9.88. The second-order valence-electron chi connectivity index (χ2n) is 5.42. The first-order valence-corrected chi connectivity index (χ1v) is 6.62. The first-order chi connectivity index (χ1) is 8.99. The van der Waals surface area contributed by atoms with Crippen LogP contribution in [0.15, 0.2) is 4.52 Å². The molecule has 19 heavy (non-hydrogen) atoms. The van der Waals surface area contributed by atoms with Gasteiger partial charge in [-0.25, -0.2) is 0 Å². The smallest absolute Gasteiger partial charge is 0.240 e. The maximum atomic E-state index is 5.72. The molecule has 0 aliphatic carbocycles. The monoisotopic (exact) mass is 271 g/mol. The summed E-state index contributed by atoms with van der Waals surface area (Å²) in [6, 6.07) is 0. The minimum Gasteiger partial charge on any atom is -0.383 e. The fourth-order valence-electron chi connectivity index (χ4n) is 1.69. The van der Waals surface area contributed by atoms with E-state index >= 15 is 0 Å². The summed E-state index contributed by atoms with van der Waals surface area (Å²) in [6.45, 7) is 10.8. The van der Waals surface area contributed by atoms with E-state index in [1.165, 1.54) is 0 Å². The van der Waals surface area contributed by atoms with Gasteiger partial charge in [0.2, 0.25) is 11.7 Å². The van der Waals surface area contributed by atoms with Gasteiger partial charge in [-0.15, -0.1) is 0 Å². The summed E-state index contributed by atoms with van der Waals surface area (Å²) in [5.74, 6) is 1.18. The SMILES string of the molecule is CCOC(c1noc(CNCCOC)n1)C(C)(C)C. The highest BCUT2D eigenvalue weighted by molar-refractivity contribution is 4.96. The van der Waals surface area contributed by atoms with Crippen LogP contribution in [0.2, 0.25) is 0 Å². The van der Waals surface area contributed by atoms with Crippen LogP contribution in [0.5, 0.6) is 0 Å². The Balaban J connectivity index is 2.60. The van der Waals surface area contributed by atoms with Gasteiger partial charge in [0, 0.05) is 20.3 Å². The van der Waals surface area contributed by atoms with Crippen molar-refractivity contribution in [2.24, 2.45) is 5.41 Å². The van der Waals surface area contributed by atoms with Crippen molar-refractivity contribution in [2.75, 3.05) is 26.9 Å². The predicted molar refractivity (Wildman–Crippen MR) is 71.7 cm³/mol. The number of hydrogen-bond donors (Lipinski definition) is 1. The van der Waals surface area contributed by atoms with Gasteiger partial charge in [0.1, 0.15) is 6.10 Å². The number of rotatable bonds is 8. The van der Waals surface area contributed by atoms with Crippen molar-refractivity contribution in [1.29, 1.82) is 0 Å². The van der Waals surface area contributed by atoms with Gasteiger partial charge in [0.05, 0.1) is 13.2 Å². The molecular weight excluding hydrogens is 246 g/mol. The van der Waals surface area contributed by atoms with Crippen molar-refractivity contribution in [3.05, 3.63) is 11.7 Å². The van der Waals surface area contributed by atoms with Crippen LogP contribution >= 0.6 is 0 Å². The average molecular weight is 271 g/mol. The first-order valence-electron chi connectivity index (χ1n) is 6.62. The van der Waals surface area contributed by atoms with Crippen molar-refractivity contribution in [3.8, 4) is 0 Å². The van der Waals surface area contributed by atoms with Gasteiger partial charge in [-0.2, -0.15) is 4.98 Å². The van der Waals surface area contributed by atoms with Gasteiger partial charge < -0.3 is 19.3 Å². The van der Waals surface area contributed by atoms with E-state index in [4.69, 9.17) is 14.0 Å². The van der Waals surface area contributed by atoms with Gasteiger partial charge in [0.25, 0.3) is 0 Å². The summed E-state index contributed by atoms with van der Waals surface area (Å²) in [6.07, 6.45) is -0.158. The van der Waals surface area contributed by atoms with E-state index < -0.39 is 0 Å². The van der Waals surface area contributed by atoms with Crippen LogP contribution in [0.25, 0.3) is 0 Å².